The van der Waals surface area contributed by atoms with Gasteiger partial charge in [0.25, 0.3) is 0 Å². The first-order valence-corrected chi connectivity index (χ1v) is 16.4. The second kappa shape index (κ2) is 10.1. The largest absolute Gasteiger partial charge is 0.489 e. The van der Waals surface area contributed by atoms with E-state index in [-0.39, 0.29) is 45.6 Å². The standard InChI is InChI=1S/C33H26ClFN2O4S2/c1-15-4-2-3-5-16(15)14-41-23-11-6-17(34)12-20(23)24-25-21-13-22(28(25)42-30-29(24)43-33(40)36-30)27-26(21)31(38)37(32(27)39)19-9-7-18(35)8-10-19/h2-12,21-22,24-28H,13-14H2,1H3,(H,36,40)/t21-,22-,24+,25+,26+,27+,28-/m1/s1. The number of ether oxygens (including phenoxy) is 1. The van der Waals surface area contributed by atoms with E-state index in [0.29, 0.717) is 23.1 Å². The lowest BCUT2D eigenvalue weighted by Crippen LogP contribution is -2.42. The number of aromatic amines is 1. The molecule has 1 N–H and O–H groups in total. The van der Waals surface area contributed by atoms with E-state index in [1.807, 2.05) is 36.4 Å². The first kappa shape index (κ1) is 27.2. The number of rotatable bonds is 5. The molecule has 10 heteroatoms. The van der Waals surface area contributed by atoms with Crippen LogP contribution >= 0.6 is 34.7 Å². The number of benzene rings is 3. The van der Waals surface area contributed by atoms with E-state index >= 15 is 0 Å². The van der Waals surface area contributed by atoms with Gasteiger partial charge in [-0.1, -0.05) is 47.2 Å². The number of thiazole rings is 1. The summed E-state index contributed by atoms with van der Waals surface area (Å²) in [4.78, 5) is 45.6. The van der Waals surface area contributed by atoms with Gasteiger partial charge in [-0.05, 0) is 84.7 Å². The number of fused-ring (bicyclic) bond motifs is 9. The number of carbonyl (C=O) groups excluding carboxylic acids is 2. The molecule has 2 aliphatic carbocycles. The Kier molecular flexibility index (Phi) is 6.37. The van der Waals surface area contributed by atoms with Gasteiger partial charge in [-0.3, -0.25) is 19.3 Å². The monoisotopic (exact) mass is 632 g/mol. The number of nitrogens with one attached hydrogen (secondary N) is 1. The number of hydrogen-bond acceptors (Lipinski definition) is 6. The highest BCUT2D eigenvalue weighted by atomic mass is 35.5. The Bertz CT molecular complexity index is 1860. The summed E-state index contributed by atoms with van der Waals surface area (Å²) < 4.78 is 20.1. The molecule has 3 heterocycles. The second-order valence-electron chi connectivity index (χ2n) is 11.8. The Labute approximate surface area is 260 Å². The van der Waals surface area contributed by atoms with Crippen LogP contribution in [0.2, 0.25) is 5.02 Å². The van der Waals surface area contributed by atoms with Crippen molar-refractivity contribution in [3.63, 3.8) is 0 Å². The minimum Gasteiger partial charge on any atom is -0.489 e. The molecule has 4 aliphatic rings. The average molecular weight is 633 g/mol. The third kappa shape index (κ3) is 4.15. The fraction of sp³-hybridized carbons (Fsp3) is 0.303. The van der Waals surface area contributed by atoms with Crippen LogP contribution in [0.1, 0.15) is 33.9 Å². The molecule has 6 nitrogen and oxygen atoms in total. The van der Waals surface area contributed by atoms with Gasteiger partial charge in [-0.25, -0.2) is 4.39 Å². The summed E-state index contributed by atoms with van der Waals surface area (Å²) in [5.41, 5.74) is 3.51. The fourth-order valence-corrected chi connectivity index (χ4v) is 11.1. The maximum absolute atomic E-state index is 14.0. The number of thioether (sulfide) groups is 1. The molecule has 1 aromatic heterocycles. The van der Waals surface area contributed by atoms with Gasteiger partial charge in [0.2, 0.25) is 11.8 Å². The van der Waals surface area contributed by atoms with Crippen molar-refractivity contribution < 1.29 is 18.7 Å². The van der Waals surface area contributed by atoms with Crippen molar-refractivity contribution in [1.82, 2.24) is 4.98 Å². The summed E-state index contributed by atoms with van der Waals surface area (Å²) in [5, 5.41) is 1.41. The minimum atomic E-state index is -0.459. The predicted molar refractivity (Wildman–Crippen MR) is 164 cm³/mol. The van der Waals surface area contributed by atoms with Crippen molar-refractivity contribution in [3.8, 4) is 5.75 Å². The van der Waals surface area contributed by atoms with Crippen LogP contribution in [0.5, 0.6) is 5.75 Å². The van der Waals surface area contributed by atoms with Gasteiger partial charge in [0.05, 0.1) is 22.5 Å². The molecule has 2 saturated carbocycles. The first-order chi connectivity index (χ1) is 20.8. The SMILES string of the molecule is Cc1ccccc1COc1ccc(Cl)cc1[C@@H]1c2sc(=O)[nH]c2S[C@@H]2[C@@H]3C[C@@H]([C@@H]4C(=O)N(c5ccc(F)cc5)C(=O)[C@@H]34)[C@@H]12. The van der Waals surface area contributed by atoms with Gasteiger partial charge in [-0.15, -0.1) is 11.8 Å². The molecule has 2 aliphatic heterocycles. The van der Waals surface area contributed by atoms with Crippen LogP contribution in [-0.2, 0) is 16.2 Å². The molecule has 2 bridgehead atoms. The normalized spacial score (nSPS) is 28.6. The number of nitrogens with zero attached hydrogens (tertiary/aromatic N) is 1. The molecule has 0 spiro atoms. The Morgan fingerprint density at radius 1 is 1.00 bits per heavy atom. The highest BCUT2D eigenvalue weighted by Gasteiger charge is 2.69. The zero-order chi connectivity index (χ0) is 29.6. The van der Waals surface area contributed by atoms with E-state index in [0.717, 1.165) is 33.0 Å². The number of imide groups is 1. The van der Waals surface area contributed by atoms with Gasteiger partial charge >= 0.3 is 4.87 Å². The lowest BCUT2D eigenvalue weighted by atomic mass is 9.68. The van der Waals surface area contributed by atoms with E-state index in [1.165, 1.54) is 40.5 Å². The van der Waals surface area contributed by atoms with Crippen LogP contribution in [0.3, 0.4) is 0 Å². The smallest absolute Gasteiger partial charge is 0.305 e. The second-order valence-corrected chi connectivity index (χ2v) is 14.5. The van der Waals surface area contributed by atoms with E-state index in [9.17, 15) is 18.8 Å². The van der Waals surface area contributed by atoms with Crippen molar-refractivity contribution in [2.24, 2.45) is 29.6 Å². The lowest BCUT2D eigenvalue weighted by Gasteiger charge is -2.43. The number of aromatic nitrogens is 1. The Morgan fingerprint density at radius 3 is 2.51 bits per heavy atom. The summed E-state index contributed by atoms with van der Waals surface area (Å²) in [6.45, 7) is 2.43. The molecule has 8 rings (SSSR count). The number of aryl methyl sites for hydroxylation is 1. The number of anilines is 1. The average Bonchev–Trinajstić information content (AvgIpc) is 3.72. The topological polar surface area (TPSA) is 79.5 Å². The quantitative estimate of drug-likeness (QED) is 0.245. The van der Waals surface area contributed by atoms with Crippen LogP contribution in [0.15, 0.2) is 76.6 Å². The van der Waals surface area contributed by atoms with Crippen molar-refractivity contribution >= 4 is 52.2 Å². The summed E-state index contributed by atoms with van der Waals surface area (Å²) in [5.74, 6) is -1.36. The highest BCUT2D eigenvalue weighted by molar-refractivity contribution is 8.00. The van der Waals surface area contributed by atoms with E-state index in [2.05, 4.69) is 18.0 Å². The molecule has 2 amide bonds. The Morgan fingerprint density at radius 2 is 1.74 bits per heavy atom. The summed E-state index contributed by atoms with van der Waals surface area (Å²) in [6.07, 6.45) is 0.766. The van der Waals surface area contributed by atoms with Gasteiger partial charge in [0, 0.05) is 26.6 Å². The van der Waals surface area contributed by atoms with Gasteiger partial charge in [0.1, 0.15) is 18.2 Å². The highest BCUT2D eigenvalue weighted by Crippen LogP contribution is 2.69. The number of H-pyrrole nitrogens is 1. The zero-order valence-corrected chi connectivity index (χ0v) is 25.3. The van der Waals surface area contributed by atoms with E-state index in [4.69, 9.17) is 16.3 Å². The summed E-state index contributed by atoms with van der Waals surface area (Å²) >= 11 is 9.43. The van der Waals surface area contributed by atoms with Crippen LogP contribution < -0.4 is 14.5 Å². The minimum absolute atomic E-state index is 0.000559. The summed E-state index contributed by atoms with van der Waals surface area (Å²) in [7, 11) is 0. The van der Waals surface area contributed by atoms with Gasteiger partial charge < -0.3 is 9.72 Å². The van der Waals surface area contributed by atoms with Gasteiger partial charge in [0.15, 0.2) is 0 Å². The molecule has 0 unspecified atom stereocenters. The number of halogens is 2. The van der Waals surface area contributed by atoms with Crippen molar-refractivity contribution in [3.05, 3.63) is 109 Å². The Balaban J connectivity index is 1.20. The molecule has 0 radical (unpaired) electrons. The number of carbonyl (C=O) groups is 2. The Hall–Kier alpha value is -3.40. The first-order valence-electron chi connectivity index (χ1n) is 14.3. The van der Waals surface area contributed by atoms with Crippen molar-refractivity contribution in [2.75, 3.05) is 4.90 Å². The number of amides is 2. The molecular formula is C33H26ClFN2O4S2. The van der Waals surface area contributed by atoms with E-state index in [1.54, 1.807) is 11.8 Å². The molecule has 3 fully saturated rings. The molecule has 1 saturated heterocycles. The summed E-state index contributed by atoms with van der Waals surface area (Å²) in [6, 6.07) is 19.2. The van der Waals surface area contributed by atoms with Crippen LogP contribution in [-0.4, -0.2) is 22.0 Å². The van der Waals surface area contributed by atoms with E-state index < -0.39 is 17.7 Å². The molecule has 3 aromatic carbocycles. The number of hydrogen-bond donors (Lipinski definition) is 1. The zero-order valence-electron chi connectivity index (χ0n) is 23.0. The predicted octanol–water partition coefficient (Wildman–Crippen LogP) is 6.79. The molecule has 218 valence electrons. The van der Waals surface area contributed by atoms with Crippen molar-refractivity contribution in [2.45, 2.75) is 36.1 Å². The maximum Gasteiger partial charge on any atom is 0.305 e. The molecule has 43 heavy (non-hydrogen) atoms. The van der Waals surface area contributed by atoms with Gasteiger partial charge in [-0.2, -0.15) is 0 Å². The third-order valence-electron chi connectivity index (χ3n) is 9.76. The third-order valence-corrected chi connectivity index (χ3v) is 12.6. The van der Waals surface area contributed by atoms with Crippen molar-refractivity contribution in [1.29, 1.82) is 0 Å². The lowest BCUT2D eigenvalue weighted by molar-refractivity contribution is -0.123. The van der Waals surface area contributed by atoms with Crippen LogP contribution in [0.25, 0.3) is 0 Å². The van der Waals surface area contributed by atoms with Crippen LogP contribution in [0, 0.1) is 42.3 Å². The van der Waals surface area contributed by atoms with Crippen LogP contribution in [0.4, 0.5) is 10.1 Å². The maximum atomic E-state index is 14.0. The molecule has 7 atom stereocenters. The molecular weight excluding hydrogens is 607 g/mol. The fourth-order valence-electron chi connectivity index (χ4n) is 8.03. The molecule has 4 aromatic rings.